The van der Waals surface area contributed by atoms with E-state index in [1.54, 1.807) is 22.6 Å². The Morgan fingerprint density at radius 3 is 2.33 bits per heavy atom. The van der Waals surface area contributed by atoms with Crippen LogP contribution in [0.5, 0.6) is 0 Å². The highest BCUT2D eigenvalue weighted by Crippen LogP contribution is 2.05. The Hall–Kier alpha value is -0.700. The number of Topliss-reactive ketones (excluding diaryl/α,β-unsaturated/α-hetero) is 1. The molecule has 2 atom stereocenters. The zero-order valence-electron chi connectivity index (χ0n) is 8.20. The van der Waals surface area contributed by atoms with Gasteiger partial charge in [-0.1, -0.05) is 22.6 Å². The number of carboxylic acids is 1. The molecule has 15 heavy (non-hydrogen) atoms. The molecule has 0 aliphatic heterocycles. The molecule has 0 fully saturated rings. The lowest BCUT2D eigenvalue weighted by Gasteiger charge is -2.13. The number of carbonyl (C=O) groups is 3. The zero-order chi connectivity index (χ0) is 12.0. The summed E-state index contributed by atoms with van der Waals surface area (Å²) in [5.41, 5.74) is 5.26. The van der Waals surface area contributed by atoms with E-state index in [1.165, 1.54) is 6.92 Å². The average molecular weight is 328 g/mol. The third-order valence-electron chi connectivity index (χ3n) is 1.69. The molecule has 0 aliphatic rings. The van der Waals surface area contributed by atoms with Crippen molar-refractivity contribution in [2.24, 2.45) is 5.73 Å². The molecule has 0 saturated heterocycles. The van der Waals surface area contributed by atoms with Crippen LogP contribution < -0.4 is 11.1 Å². The van der Waals surface area contributed by atoms with Crippen molar-refractivity contribution >= 4 is 40.3 Å². The molecule has 0 aromatic carbocycles. The van der Waals surface area contributed by atoms with Crippen LogP contribution in [0.4, 0.5) is 0 Å². The largest absolute Gasteiger partial charge is 0.480 e. The number of amides is 1. The topological polar surface area (TPSA) is 109 Å². The van der Waals surface area contributed by atoms with Crippen molar-refractivity contribution in [2.45, 2.75) is 23.3 Å². The number of carboxylic acid groups (broad SMARTS) is 1. The number of hydrogen-bond donors (Lipinski definition) is 3. The molecule has 0 bridgehead atoms. The molecule has 4 N–H and O–H groups in total. The lowest BCUT2D eigenvalue weighted by atomic mass is 10.2. The lowest BCUT2D eigenvalue weighted by Crippen LogP contribution is -2.45. The molecule has 0 aromatic heterocycles. The first-order valence-electron chi connectivity index (χ1n) is 4.25. The zero-order valence-corrected chi connectivity index (χ0v) is 10.4. The Labute approximate surface area is 101 Å². The van der Waals surface area contributed by atoms with E-state index in [2.05, 4.69) is 5.32 Å². The fraction of sp³-hybridized carbons (Fsp3) is 0.625. The van der Waals surface area contributed by atoms with Gasteiger partial charge in [-0.25, -0.2) is 0 Å². The molecule has 7 heteroatoms. The highest BCUT2D eigenvalue weighted by molar-refractivity contribution is 14.1. The SMILES string of the molecule is CC(=O)[C@H](CN)NC(=O)CC(I)C(=O)O. The third kappa shape index (κ3) is 5.67. The summed E-state index contributed by atoms with van der Waals surface area (Å²) < 4.78 is -0.798. The molecule has 0 aliphatic carbocycles. The maximum atomic E-state index is 11.2. The smallest absolute Gasteiger partial charge is 0.316 e. The lowest BCUT2D eigenvalue weighted by molar-refractivity contribution is -0.137. The average Bonchev–Trinajstić information content (AvgIpc) is 2.13. The van der Waals surface area contributed by atoms with Gasteiger partial charge in [-0.05, 0) is 6.92 Å². The highest BCUT2D eigenvalue weighted by Gasteiger charge is 2.20. The van der Waals surface area contributed by atoms with Gasteiger partial charge in [0.2, 0.25) is 5.91 Å². The molecule has 6 nitrogen and oxygen atoms in total. The van der Waals surface area contributed by atoms with Gasteiger partial charge in [0.25, 0.3) is 0 Å². The van der Waals surface area contributed by atoms with E-state index >= 15 is 0 Å². The summed E-state index contributed by atoms with van der Waals surface area (Å²) in [6, 6.07) is -0.727. The minimum atomic E-state index is -1.06. The molecule has 0 aromatic rings. The molecule has 0 radical (unpaired) electrons. The van der Waals surface area contributed by atoms with Gasteiger partial charge in [0.15, 0.2) is 5.78 Å². The standard InChI is InChI=1S/C8H13IN2O4/c1-4(12)6(3-10)11-7(13)2-5(9)8(14)15/h5-6H,2-3,10H2,1H3,(H,11,13)(H,14,15)/t5?,6-/m0/s1. The predicted molar refractivity (Wildman–Crippen MR) is 61.7 cm³/mol. The second kappa shape index (κ2) is 6.72. The Morgan fingerprint density at radius 2 is 2.00 bits per heavy atom. The van der Waals surface area contributed by atoms with E-state index < -0.39 is 21.8 Å². The van der Waals surface area contributed by atoms with Gasteiger partial charge < -0.3 is 16.2 Å². The highest BCUT2D eigenvalue weighted by atomic mass is 127. The molecule has 0 spiro atoms. The van der Waals surface area contributed by atoms with Gasteiger partial charge in [-0.2, -0.15) is 0 Å². The second-order valence-corrected chi connectivity index (χ2v) is 4.48. The second-order valence-electron chi connectivity index (χ2n) is 2.98. The Kier molecular flexibility index (Phi) is 6.41. The number of nitrogens with one attached hydrogen (secondary N) is 1. The summed E-state index contributed by atoms with van der Waals surface area (Å²) in [5.74, 6) is -1.79. The Bertz CT molecular complexity index is 269. The van der Waals surface area contributed by atoms with Crippen molar-refractivity contribution in [1.29, 1.82) is 0 Å². The number of carbonyl (C=O) groups excluding carboxylic acids is 2. The van der Waals surface area contributed by atoms with Crippen LogP contribution in [0.15, 0.2) is 0 Å². The Morgan fingerprint density at radius 1 is 1.47 bits per heavy atom. The van der Waals surface area contributed by atoms with Crippen LogP contribution in [0.3, 0.4) is 0 Å². The minimum Gasteiger partial charge on any atom is -0.480 e. The van der Waals surface area contributed by atoms with Crippen molar-refractivity contribution in [3.8, 4) is 0 Å². The van der Waals surface area contributed by atoms with Crippen molar-refractivity contribution < 1.29 is 19.5 Å². The van der Waals surface area contributed by atoms with Gasteiger partial charge in [0, 0.05) is 13.0 Å². The molecule has 0 heterocycles. The molecule has 1 amide bonds. The van der Waals surface area contributed by atoms with Gasteiger partial charge >= 0.3 is 5.97 Å². The number of nitrogens with two attached hydrogens (primary N) is 1. The molecular formula is C8H13IN2O4. The molecule has 0 rings (SSSR count). The molecule has 0 saturated carbocycles. The van der Waals surface area contributed by atoms with Crippen molar-refractivity contribution in [3.63, 3.8) is 0 Å². The summed E-state index contributed by atoms with van der Waals surface area (Å²) in [6.45, 7) is 1.33. The fourth-order valence-electron chi connectivity index (χ4n) is 0.830. The molecule has 1 unspecified atom stereocenters. The van der Waals surface area contributed by atoms with E-state index in [0.717, 1.165) is 0 Å². The molecular weight excluding hydrogens is 315 g/mol. The summed E-state index contributed by atoms with van der Waals surface area (Å²) in [6.07, 6.45) is -0.167. The predicted octanol–water partition coefficient (Wildman–Crippen LogP) is -0.703. The quantitative estimate of drug-likeness (QED) is 0.441. The van der Waals surface area contributed by atoms with E-state index in [0.29, 0.717) is 0 Å². The van der Waals surface area contributed by atoms with Crippen molar-refractivity contribution in [1.82, 2.24) is 5.32 Å². The van der Waals surface area contributed by atoms with Gasteiger partial charge in [-0.15, -0.1) is 0 Å². The van der Waals surface area contributed by atoms with Crippen LogP contribution in [0, 0.1) is 0 Å². The van der Waals surface area contributed by atoms with E-state index in [4.69, 9.17) is 10.8 Å². The van der Waals surface area contributed by atoms with Crippen LogP contribution >= 0.6 is 22.6 Å². The van der Waals surface area contributed by atoms with Crippen molar-refractivity contribution in [2.75, 3.05) is 6.54 Å². The molecule has 86 valence electrons. The monoisotopic (exact) mass is 328 g/mol. The van der Waals surface area contributed by atoms with E-state index in [1.807, 2.05) is 0 Å². The number of hydrogen-bond acceptors (Lipinski definition) is 4. The minimum absolute atomic E-state index is 0.0139. The number of ketones is 1. The van der Waals surface area contributed by atoms with Gasteiger partial charge in [0.1, 0.15) is 3.92 Å². The van der Waals surface area contributed by atoms with Crippen LogP contribution in [0.1, 0.15) is 13.3 Å². The van der Waals surface area contributed by atoms with Crippen LogP contribution in [-0.2, 0) is 14.4 Å². The first-order valence-corrected chi connectivity index (χ1v) is 5.49. The fourth-order valence-corrected chi connectivity index (χ4v) is 1.23. The van der Waals surface area contributed by atoms with E-state index in [9.17, 15) is 14.4 Å². The number of rotatable bonds is 6. The number of halogens is 1. The maximum absolute atomic E-state index is 11.2. The third-order valence-corrected chi connectivity index (χ3v) is 2.67. The van der Waals surface area contributed by atoms with Gasteiger partial charge in [0.05, 0.1) is 6.04 Å². The first-order chi connectivity index (χ1) is 6.88. The normalized spacial score (nSPS) is 14.1. The summed E-state index contributed by atoms with van der Waals surface area (Å²) >= 11 is 1.65. The maximum Gasteiger partial charge on any atom is 0.316 e. The van der Waals surface area contributed by atoms with Crippen LogP contribution in [0.25, 0.3) is 0 Å². The van der Waals surface area contributed by atoms with E-state index in [-0.39, 0.29) is 18.7 Å². The van der Waals surface area contributed by atoms with Gasteiger partial charge in [-0.3, -0.25) is 14.4 Å². The number of aliphatic carboxylic acids is 1. The van der Waals surface area contributed by atoms with Crippen molar-refractivity contribution in [3.05, 3.63) is 0 Å². The number of alkyl halides is 1. The van der Waals surface area contributed by atoms with Crippen LogP contribution in [0.2, 0.25) is 0 Å². The Balaban J connectivity index is 4.13. The summed E-state index contributed by atoms with van der Waals surface area (Å²) in [5, 5.41) is 10.9. The first kappa shape index (κ1) is 14.3. The van der Waals surface area contributed by atoms with Crippen LogP contribution in [-0.4, -0.2) is 39.3 Å². The summed E-state index contributed by atoms with van der Waals surface area (Å²) in [4.78, 5) is 32.6. The summed E-state index contributed by atoms with van der Waals surface area (Å²) in [7, 11) is 0.